The Morgan fingerprint density at radius 2 is 1.75 bits per heavy atom. The maximum absolute atomic E-state index is 12.3. The molecule has 5 nitrogen and oxygen atoms in total. The lowest BCUT2D eigenvalue weighted by atomic mass is 9.94. The number of aliphatic hydroxyl groups is 1. The van der Waals surface area contributed by atoms with E-state index in [2.05, 4.69) is 10.0 Å². The van der Waals surface area contributed by atoms with Gasteiger partial charge in [0.15, 0.2) is 0 Å². The second-order valence-corrected chi connectivity index (χ2v) is 7.01. The molecule has 0 atom stereocenters. The Labute approximate surface area is 120 Å². The first kappa shape index (κ1) is 15.4. The molecule has 0 unspecified atom stereocenters. The molecule has 0 spiro atoms. The highest BCUT2D eigenvalue weighted by Gasteiger charge is 2.24. The van der Waals surface area contributed by atoms with Gasteiger partial charge in [-0.3, -0.25) is 0 Å². The molecule has 0 aromatic heterocycles. The van der Waals surface area contributed by atoms with Crippen molar-refractivity contribution in [1.82, 2.24) is 10.0 Å². The highest BCUT2D eigenvalue weighted by Crippen LogP contribution is 2.20. The summed E-state index contributed by atoms with van der Waals surface area (Å²) in [6.07, 6.45) is 2.43. The first-order chi connectivity index (χ1) is 9.51. The minimum atomic E-state index is -3.46. The molecule has 6 heteroatoms. The lowest BCUT2D eigenvalue weighted by Gasteiger charge is -2.26. The molecule has 1 aromatic carbocycles. The third kappa shape index (κ3) is 4.02. The van der Waals surface area contributed by atoms with Crippen LogP contribution in [0.15, 0.2) is 29.2 Å². The fraction of sp³-hybridized carbons (Fsp3) is 0.571. The molecule has 0 amide bonds. The molecule has 1 aliphatic rings. The smallest absolute Gasteiger partial charge is 0.240 e. The third-order valence-corrected chi connectivity index (χ3v) is 5.17. The Hall–Kier alpha value is -0.950. The van der Waals surface area contributed by atoms with Crippen LogP contribution in [0.1, 0.15) is 31.2 Å². The zero-order chi connectivity index (χ0) is 14.6. The van der Waals surface area contributed by atoms with Gasteiger partial charge in [-0.05, 0) is 50.4 Å². The predicted molar refractivity (Wildman–Crippen MR) is 77.8 cm³/mol. The Morgan fingerprint density at radius 3 is 2.30 bits per heavy atom. The zero-order valence-electron chi connectivity index (χ0n) is 11.7. The first-order valence-electron chi connectivity index (χ1n) is 6.95. The Morgan fingerprint density at radius 1 is 1.15 bits per heavy atom. The standard InChI is InChI=1S/C14H22N2O3S/c1-15-10-11-2-8-14(9-3-11)20(18,19)16-12-4-6-13(17)7-5-12/h2-3,8-9,12-13,15-17H,4-7,10H2,1H3. The predicted octanol–water partition coefficient (Wildman–Crippen LogP) is 0.988. The molecule has 112 valence electrons. The van der Waals surface area contributed by atoms with E-state index in [1.807, 2.05) is 19.2 Å². The maximum atomic E-state index is 12.3. The Bertz CT molecular complexity index is 520. The van der Waals surface area contributed by atoms with Crippen LogP contribution in [0.3, 0.4) is 0 Å². The van der Waals surface area contributed by atoms with E-state index in [4.69, 9.17) is 0 Å². The molecule has 1 saturated carbocycles. The molecule has 20 heavy (non-hydrogen) atoms. The van der Waals surface area contributed by atoms with Gasteiger partial charge in [-0.1, -0.05) is 12.1 Å². The van der Waals surface area contributed by atoms with Crippen LogP contribution in [0.4, 0.5) is 0 Å². The molecule has 0 saturated heterocycles. The monoisotopic (exact) mass is 298 g/mol. The van der Waals surface area contributed by atoms with Crippen LogP contribution in [0.5, 0.6) is 0 Å². The Balaban J connectivity index is 2.02. The number of benzene rings is 1. The van der Waals surface area contributed by atoms with E-state index in [-0.39, 0.29) is 12.1 Å². The van der Waals surface area contributed by atoms with E-state index < -0.39 is 10.0 Å². The van der Waals surface area contributed by atoms with Crippen molar-refractivity contribution in [1.29, 1.82) is 0 Å². The summed E-state index contributed by atoms with van der Waals surface area (Å²) in [5.74, 6) is 0. The molecule has 0 radical (unpaired) electrons. The molecule has 2 rings (SSSR count). The number of hydrogen-bond donors (Lipinski definition) is 3. The van der Waals surface area contributed by atoms with Gasteiger partial charge >= 0.3 is 0 Å². The molecule has 0 aliphatic heterocycles. The van der Waals surface area contributed by atoms with Crippen LogP contribution < -0.4 is 10.0 Å². The third-order valence-electron chi connectivity index (χ3n) is 3.63. The molecule has 1 aliphatic carbocycles. The maximum Gasteiger partial charge on any atom is 0.240 e. The van der Waals surface area contributed by atoms with Crippen LogP contribution in [0.25, 0.3) is 0 Å². The van der Waals surface area contributed by atoms with Crippen molar-refractivity contribution in [3.8, 4) is 0 Å². The molecular weight excluding hydrogens is 276 g/mol. The SMILES string of the molecule is CNCc1ccc(S(=O)(=O)NC2CCC(O)CC2)cc1. The fourth-order valence-corrected chi connectivity index (χ4v) is 3.78. The summed E-state index contributed by atoms with van der Waals surface area (Å²) in [6.45, 7) is 0.717. The summed E-state index contributed by atoms with van der Waals surface area (Å²) < 4.78 is 27.3. The molecular formula is C14H22N2O3S. The summed E-state index contributed by atoms with van der Waals surface area (Å²) >= 11 is 0. The number of nitrogens with one attached hydrogen (secondary N) is 2. The molecule has 0 heterocycles. The fourth-order valence-electron chi connectivity index (χ4n) is 2.47. The van der Waals surface area contributed by atoms with E-state index in [9.17, 15) is 13.5 Å². The second-order valence-electron chi connectivity index (χ2n) is 5.30. The van der Waals surface area contributed by atoms with Crippen LogP contribution in [0.2, 0.25) is 0 Å². The topological polar surface area (TPSA) is 78.4 Å². The van der Waals surface area contributed by atoms with Gasteiger partial charge in [0.25, 0.3) is 0 Å². The molecule has 1 aromatic rings. The molecule has 1 fully saturated rings. The van der Waals surface area contributed by atoms with E-state index >= 15 is 0 Å². The van der Waals surface area contributed by atoms with Gasteiger partial charge in [-0.2, -0.15) is 0 Å². The van der Waals surface area contributed by atoms with Crippen LogP contribution in [0, 0.1) is 0 Å². The van der Waals surface area contributed by atoms with Gasteiger partial charge in [0.05, 0.1) is 11.0 Å². The molecule has 3 N–H and O–H groups in total. The van der Waals surface area contributed by atoms with Gasteiger partial charge < -0.3 is 10.4 Å². The first-order valence-corrected chi connectivity index (χ1v) is 8.43. The van der Waals surface area contributed by atoms with Crippen molar-refractivity contribution >= 4 is 10.0 Å². The number of aliphatic hydroxyl groups excluding tert-OH is 1. The minimum absolute atomic E-state index is 0.0691. The summed E-state index contributed by atoms with van der Waals surface area (Å²) in [5, 5.41) is 12.5. The summed E-state index contributed by atoms with van der Waals surface area (Å²) in [5.41, 5.74) is 1.05. The average Bonchev–Trinajstić information content (AvgIpc) is 2.42. The van der Waals surface area contributed by atoms with Crippen LogP contribution in [-0.2, 0) is 16.6 Å². The van der Waals surface area contributed by atoms with E-state index in [1.165, 1.54) is 0 Å². The van der Waals surface area contributed by atoms with Crippen LogP contribution in [-0.4, -0.2) is 32.7 Å². The quantitative estimate of drug-likeness (QED) is 0.757. The van der Waals surface area contributed by atoms with E-state index in [1.54, 1.807) is 12.1 Å². The zero-order valence-corrected chi connectivity index (χ0v) is 12.5. The lowest BCUT2D eigenvalue weighted by Crippen LogP contribution is -2.38. The van der Waals surface area contributed by atoms with Crippen molar-refractivity contribution in [3.63, 3.8) is 0 Å². The van der Waals surface area contributed by atoms with Gasteiger partial charge in [0, 0.05) is 12.6 Å². The largest absolute Gasteiger partial charge is 0.393 e. The van der Waals surface area contributed by atoms with Gasteiger partial charge in [0.1, 0.15) is 0 Å². The normalized spacial score (nSPS) is 23.7. The lowest BCUT2D eigenvalue weighted by molar-refractivity contribution is 0.120. The van der Waals surface area contributed by atoms with E-state index in [0.29, 0.717) is 37.1 Å². The van der Waals surface area contributed by atoms with Crippen molar-refractivity contribution in [2.75, 3.05) is 7.05 Å². The Kier molecular flexibility index (Phi) is 5.15. The van der Waals surface area contributed by atoms with Crippen molar-refractivity contribution in [3.05, 3.63) is 29.8 Å². The van der Waals surface area contributed by atoms with Gasteiger partial charge in [-0.25, -0.2) is 13.1 Å². The van der Waals surface area contributed by atoms with Gasteiger partial charge in [-0.15, -0.1) is 0 Å². The van der Waals surface area contributed by atoms with Gasteiger partial charge in [0.2, 0.25) is 10.0 Å². The number of sulfonamides is 1. The number of rotatable bonds is 5. The second kappa shape index (κ2) is 6.67. The van der Waals surface area contributed by atoms with Crippen molar-refractivity contribution in [2.45, 2.75) is 49.3 Å². The highest BCUT2D eigenvalue weighted by atomic mass is 32.2. The van der Waals surface area contributed by atoms with E-state index in [0.717, 1.165) is 5.56 Å². The van der Waals surface area contributed by atoms with Crippen LogP contribution >= 0.6 is 0 Å². The summed E-state index contributed by atoms with van der Waals surface area (Å²) in [6, 6.07) is 6.82. The molecule has 0 bridgehead atoms. The van der Waals surface area contributed by atoms with Crippen molar-refractivity contribution < 1.29 is 13.5 Å². The minimum Gasteiger partial charge on any atom is -0.393 e. The summed E-state index contributed by atoms with van der Waals surface area (Å²) in [4.78, 5) is 0.295. The van der Waals surface area contributed by atoms with Crippen molar-refractivity contribution in [2.24, 2.45) is 0 Å². The summed E-state index contributed by atoms with van der Waals surface area (Å²) in [7, 11) is -1.61. The highest BCUT2D eigenvalue weighted by molar-refractivity contribution is 7.89. The average molecular weight is 298 g/mol. The number of hydrogen-bond acceptors (Lipinski definition) is 4.